The Kier molecular flexibility index (Phi) is 4.22. The quantitative estimate of drug-likeness (QED) is 0.794. The molecule has 0 aromatic heterocycles. The number of nitrogens with zero attached hydrogens (tertiary/aromatic N) is 3. The van der Waals surface area contributed by atoms with Crippen molar-refractivity contribution < 1.29 is 4.79 Å². The highest BCUT2D eigenvalue weighted by molar-refractivity contribution is 7.80. The third kappa shape index (κ3) is 3.09. The van der Waals surface area contributed by atoms with Crippen molar-refractivity contribution in [1.29, 1.82) is 0 Å². The molecule has 3 rings (SSSR count). The van der Waals surface area contributed by atoms with Crippen molar-refractivity contribution >= 4 is 23.2 Å². The molecule has 2 aliphatic heterocycles. The van der Waals surface area contributed by atoms with Gasteiger partial charge in [-0.05, 0) is 30.6 Å². The second-order valence-electron chi connectivity index (χ2n) is 5.90. The number of carbonyl (C=O) groups is 1. The second-order valence-corrected chi connectivity index (χ2v) is 6.26. The van der Waals surface area contributed by atoms with E-state index < -0.39 is 0 Å². The highest BCUT2D eigenvalue weighted by atomic mass is 32.1. The zero-order valence-corrected chi connectivity index (χ0v) is 13.2. The number of rotatable bonds is 3. The Hall–Kier alpha value is -1.46. The standard InChI is InChI=1S/C16H21N3OS/c1-17-12-15(20)19(16(17)21)14-7-9-18(10-8-14)11-13-5-3-2-4-6-13/h2-6,14H,7-12H2,1H3. The van der Waals surface area contributed by atoms with Gasteiger partial charge in [-0.25, -0.2) is 0 Å². The Morgan fingerprint density at radius 3 is 2.43 bits per heavy atom. The molecule has 0 saturated carbocycles. The van der Waals surface area contributed by atoms with Crippen LogP contribution in [0.3, 0.4) is 0 Å². The van der Waals surface area contributed by atoms with Crippen LogP contribution in [-0.4, -0.2) is 58.4 Å². The summed E-state index contributed by atoms with van der Waals surface area (Å²) in [6, 6.07) is 10.8. The summed E-state index contributed by atoms with van der Waals surface area (Å²) >= 11 is 5.37. The van der Waals surface area contributed by atoms with Crippen molar-refractivity contribution in [2.45, 2.75) is 25.4 Å². The number of amides is 1. The average molecular weight is 303 g/mol. The van der Waals surface area contributed by atoms with Gasteiger partial charge in [-0.15, -0.1) is 0 Å². The lowest BCUT2D eigenvalue weighted by molar-refractivity contribution is -0.127. The molecule has 0 radical (unpaired) electrons. The summed E-state index contributed by atoms with van der Waals surface area (Å²) in [5, 5.41) is 0.696. The van der Waals surface area contributed by atoms with Gasteiger partial charge in [0.25, 0.3) is 0 Å². The van der Waals surface area contributed by atoms with Crippen molar-refractivity contribution in [2.75, 3.05) is 26.7 Å². The van der Waals surface area contributed by atoms with Gasteiger partial charge in [0, 0.05) is 32.7 Å². The van der Waals surface area contributed by atoms with Crippen LogP contribution < -0.4 is 0 Å². The van der Waals surface area contributed by atoms with Crippen LogP contribution in [0.2, 0.25) is 0 Å². The maximum Gasteiger partial charge on any atom is 0.248 e. The number of piperidine rings is 1. The molecule has 0 atom stereocenters. The minimum absolute atomic E-state index is 0.156. The Balaban J connectivity index is 1.56. The third-order valence-corrected chi connectivity index (χ3v) is 4.85. The number of likely N-dealkylation sites (N-methyl/N-ethyl adjacent to an activating group) is 1. The summed E-state index contributed by atoms with van der Waals surface area (Å²) < 4.78 is 0. The normalized spacial score (nSPS) is 21.4. The van der Waals surface area contributed by atoms with Gasteiger partial charge in [0.2, 0.25) is 5.91 Å². The summed E-state index contributed by atoms with van der Waals surface area (Å²) in [4.78, 5) is 18.2. The maximum absolute atomic E-state index is 12.1. The monoisotopic (exact) mass is 303 g/mol. The smallest absolute Gasteiger partial charge is 0.248 e. The number of thiocarbonyl (C=S) groups is 1. The topological polar surface area (TPSA) is 26.8 Å². The number of benzene rings is 1. The maximum atomic E-state index is 12.1. The summed E-state index contributed by atoms with van der Waals surface area (Å²) in [5.74, 6) is 0.156. The zero-order valence-electron chi connectivity index (χ0n) is 12.4. The first-order valence-electron chi connectivity index (χ1n) is 7.48. The minimum Gasteiger partial charge on any atom is -0.343 e. The molecule has 1 aromatic carbocycles. The summed E-state index contributed by atoms with van der Waals surface area (Å²) in [6.07, 6.45) is 2.01. The first kappa shape index (κ1) is 14.5. The van der Waals surface area contributed by atoms with E-state index in [1.807, 2.05) is 22.9 Å². The summed E-state index contributed by atoms with van der Waals surface area (Å²) in [6.45, 7) is 3.47. The van der Waals surface area contributed by atoms with E-state index in [1.165, 1.54) is 5.56 Å². The molecule has 1 amide bonds. The van der Waals surface area contributed by atoms with Gasteiger partial charge in [-0.3, -0.25) is 14.6 Å². The van der Waals surface area contributed by atoms with E-state index in [-0.39, 0.29) is 11.9 Å². The van der Waals surface area contributed by atoms with E-state index in [0.717, 1.165) is 32.5 Å². The molecule has 2 saturated heterocycles. The molecular formula is C16H21N3OS. The molecule has 1 aromatic rings. The lowest BCUT2D eigenvalue weighted by Crippen LogP contribution is -2.47. The second kappa shape index (κ2) is 6.12. The molecule has 0 unspecified atom stereocenters. The Morgan fingerprint density at radius 2 is 1.86 bits per heavy atom. The van der Waals surface area contributed by atoms with Crippen LogP contribution in [0, 0.1) is 0 Å². The average Bonchev–Trinajstić information content (AvgIpc) is 2.74. The number of hydrogen-bond donors (Lipinski definition) is 0. The Bertz CT molecular complexity index is 526. The molecular weight excluding hydrogens is 282 g/mol. The molecule has 0 aliphatic carbocycles. The summed E-state index contributed by atoms with van der Waals surface area (Å²) in [7, 11) is 1.89. The molecule has 0 bridgehead atoms. The highest BCUT2D eigenvalue weighted by Crippen LogP contribution is 2.22. The van der Waals surface area contributed by atoms with Crippen LogP contribution in [0.1, 0.15) is 18.4 Å². The van der Waals surface area contributed by atoms with Gasteiger partial charge < -0.3 is 4.90 Å². The van der Waals surface area contributed by atoms with Crippen molar-refractivity contribution in [3.63, 3.8) is 0 Å². The first-order chi connectivity index (χ1) is 10.1. The SMILES string of the molecule is CN1CC(=O)N(C2CCN(Cc3ccccc3)CC2)C1=S. The van der Waals surface area contributed by atoms with Crippen molar-refractivity contribution in [1.82, 2.24) is 14.7 Å². The third-order valence-electron chi connectivity index (χ3n) is 4.35. The van der Waals surface area contributed by atoms with Crippen LogP contribution in [0.4, 0.5) is 0 Å². The van der Waals surface area contributed by atoms with Crippen LogP contribution in [0.5, 0.6) is 0 Å². The van der Waals surface area contributed by atoms with Gasteiger partial charge in [0.15, 0.2) is 5.11 Å². The Morgan fingerprint density at radius 1 is 1.19 bits per heavy atom. The highest BCUT2D eigenvalue weighted by Gasteiger charge is 2.37. The van der Waals surface area contributed by atoms with Gasteiger partial charge >= 0.3 is 0 Å². The van der Waals surface area contributed by atoms with E-state index in [9.17, 15) is 4.79 Å². The number of likely N-dealkylation sites (tertiary alicyclic amines) is 1. The van der Waals surface area contributed by atoms with Crippen LogP contribution >= 0.6 is 12.2 Å². The first-order valence-corrected chi connectivity index (χ1v) is 7.89. The van der Waals surface area contributed by atoms with Crippen LogP contribution in [-0.2, 0) is 11.3 Å². The molecule has 112 valence electrons. The predicted octanol–water partition coefficient (Wildman–Crippen LogP) is 1.71. The summed E-state index contributed by atoms with van der Waals surface area (Å²) in [5.41, 5.74) is 1.35. The fourth-order valence-electron chi connectivity index (χ4n) is 3.17. The van der Waals surface area contributed by atoms with Gasteiger partial charge in [0.05, 0.1) is 6.54 Å². The van der Waals surface area contributed by atoms with E-state index in [2.05, 4.69) is 29.2 Å². The number of carbonyl (C=O) groups excluding carboxylic acids is 1. The lowest BCUT2D eigenvalue weighted by atomic mass is 10.0. The van der Waals surface area contributed by atoms with Gasteiger partial charge in [-0.1, -0.05) is 30.3 Å². The van der Waals surface area contributed by atoms with E-state index >= 15 is 0 Å². The molecule has 0 spiro atoms. The van der Waals surface area contributed by atoms with E-state index in [4.69, 9.17) is 12.2 Å². The zero-order chi connectivity index (χ0) is 14.8. The van der Waals surface area contributed by atoms with E-state index in [1.54, 1.807) is 0 Å². The lowest BCUT2D eigenvalue weighted by Gasteiger charge is -2.36. The van der Waals surface area contributed by atoms with Crippen LogP contribution in [0.15, 0.2) is 30.3 Å². The largest absolute Gasteiger partial charge is 0.343 e. The molecule has 21 heavy (non-hydrogen) atoms. The Labute approximate surface area is 131 Å². The fraction of sp³-hybridized carbons (Fsp3) is 0.500. The van der Waals surface area contributed by atoms with Gasteiger partial charge in [-0.2, -0.15) is 0 Å². The van der Waals surface area contributed by atoms with Crippen molar-refractivity contribution in [3.05, 3.63) is 35.9 Å². The predicted molar refractivity (Wildman–Crippen MR) is 86.8 cm³/mol. The molecule has 2 aliphatic rings. The minimum atomic E-state index is 0.156. The molecule has 2 heterocycles. The van der Waals surface area contributed by atoms with Crippen molar-refractivity contribution in [2.24, 2.45) is 0 Å². The molecule has 4 nitrogen and oxygen atoms in total. The number of hydrogen-bond acceptors (Lipinski definition) is 3. The van der Waals surface area contributed by atoms with Gasteiger partial charge in [0.1, 0.15) is 0 Å². The molecule has 0 N–H and O–H groups in total. The van der Waals surface area contributed by atoms with E-state index in [0.29, 0.717) is 11.7 Å². The molecule has 2 fully saturated rings. The fourth-order valence-corrected chi connectivity index (χ4v) is 3.49. The molecule has 5 heteroatoms. The van der Waals surface area contributed by atoms with Crippen LogP contribution in [0.25, 0.3) is 0 Å². The van der Waals surface area contributed by atoms with Crippen molar-refractivity contribution in [3.8, 4) is 0 Å².